The number of nitrogens with zero attached hydrogens (tertiary/aromatic N) is 1. The fourth-order valence-corrected chi connectivity index (χ4v) is 2.48. The molecule has 1 fully saturated rings. The van der Waals surface area contributed by atoms with Crippen LogP contribution >= 0.6 is 0 Å². The molecule has 1 rings (SSSR count). The minimum Gasteiger partial charge on any atom is -0.314 e. The highest BCUT2D eigenvalue weighted by atomic mass is 32.2. The molecule has 0 aliphatic carbocycles. The number of rotatable bonds is 6. The van der Waals surface area contributed by atoms with E-state index in [-0.39, 0.29) is 12.4 Å². The Morgan fingerprint density at radius 3 is 2.60 bits per heavy atom. The molecule has 0 aromatic rings. The molecule has 6 heteroatoms. The lowest BCUT2D eigenvalue weighted by Crippen LogP contribution is -2.44. The highest BCUT2D eigenvalue weighted by Gasteiger charge is 2.12. The number of hydrogen-bond acceptors (Lipinski definition) is 5. The van der Waals surface area contributed by atoms with Gasteiger partial charge in [-0.25, -0.2) is 0 Å². The Morgan fingerprint density at radius 1 is 1.33 bits per heavy atom. The van der Waals surface area contributed by atoms with Crippen LogP contribution in [0.1, 0.15) is 13.3 Å². The maximum atomic E-state index is 11.2. The first-order chi connectivity index (χ1) is 7.14. The lowest BCUT2D eigenvalue weighted by atomic mass is 10.4. The van der Waals surface area contributed by atoms with Crippen molar-refractivity contribution in [2.24, 2.45) is 0 Å². The molecule has 1 aliphatic rings. The van der Waals surface area contributed by atoms with Gasteiger partial charge < -0.3 is 5.32 Å². The summed E-state index contributed by atoms with van der Waals surface area (Å²) in [7, 11) is -3.27. The van der Waals surface area contributed by atoms with E-state index in [9.17, 15) is 8.42 Å². The Kier molecular flexibility index (Phi) is 5.52. The van der Waals surface area contributed by atoms with Crippen molar-refractivity contribution in [3.05, 3.63) is 0 Å². The van der Waals surface area contributed by atoms with Crippen molar-refractivity contribution in [1.29, 1.82) is 0 Å². The lowest BCUT2D eigenvalue weighted by Gasteiger charge is -2.26. The zero-order valence-electron chi connectivity index (χ0n) is 9.24. The molecule has 0 atom stereocenters. The van der Waals surface area contributed by atoms with Crippen LogP contribution in [-0.4, -0.2) is 58.4 Å². The van der Waals surface area contributed by atoms with Gasteiger partial charge in [-0.15, -0.1) is 0 Å². The van der Waals surface area contributed by atoms with Crippen molar-refractivity contribution < 1.29 is 12.6 Å². The Morgan fingerprint density at radius 2 is 2.00 bits per heavy atom. The maximum Gasteiger partial charge on any atom is 0.267 e. The second-order valence-electron chi connectivity index (χ2n) is 3.68. The van der Waals surface area contributed by atoms with Gasteiger partial charge in [0.05, 0.1) is 12.4 Å². The summed E-state index contributed by atoms with van der Waals surface area (Å²) in [5.74, 6) is 0.120. The fraction of sp³-hybridized carbons (Fsp3) is 1.00. The molecule has 0 saturated carbocycles. The van der Waals surface area contributed by atoms with E-state index in [0.717, 1.165) is 26.2 Å². The van der Waals surface area contributed by atoms with Crippen molar-refractivity contribution in [2.75, 3.05) is 45.1 Å². The highest BCUT2D eigenvalue weighted by molar-refractivity contribution is 7.86. The maximum absolute atomic E-state index is 11.2. The second kappa shape index (κ2) is 6.42. The SMILES string of the molecule is CCCS(=O)(=O)OCCN1CCNCC1. The first-order valence-electron chi connectivity index (χ1n) is 5.44. The van der Waals surface area contributed by atoms with Crippen LogP contribution in [0, 0.1) is 0 Å². The largest absolute Gasteiger partial charge is 0.314 e. The molecule has 1 N–H and O–H groups in total. The van der Waals surface area contributed by atoms with Crippen LogP contribution in [0.25, 0.3) is 0 Å². The van der Waals surface area contributed by atoms with Crippen molar-refractivity contribution in [2.45, 2.75) is 13.3 Å². The van der Waals surface area contributed by atoms with E-state index in [1.165, 1.54) is 0 Å². The van der Waals surface area contributed by atoms with Gasteiger partial charge in [-0.3, -0.25) is 9.08 Å². The summed E-state index contributed by atoms with van der Waals surface area (Å²) in [4.78, 5) is 2.21. The molecular weight excluding hydrogens is 216 g/mol. The smallest absolute Gasteiger partial charge is 0.267 e. The number of nitrogens with one attached hydrogen (secondary N) is 1. The monoisotopic (exact) mass is 236 g/mol. The summed E-state index contributed by atoms with van der Waals surface area (Å²) in [5.41, 5.74) is 0. The van der Waals surface area contributed by atoms with Crippen LogP contribution in [0.2, 0.25) is 0 Å². The first-order valence-corrected chi connectivity index (χ1v) is 7.02. The summed E-state index contributed by atoms with van der Waals surface area (Å²) < 4.78 is 27.3. The van der Waals surface area contributed by atoms with E-state index in [0.29, 0.717) is 13.0 Å². The van der Waals surface area contributed by atoms with Crippen LogP contribution < -0.4 is 5.32 Å². The summed E-state index contributed by atoms with van der Waals surface area (Å²) in [6, 6.07) is 0. The highest BCUT2D eigenvalue weighted by Crippen LogP contribution is 1.98. The molecule has 90 valence electrons. The Balaban J connectivity index is 2.14. The second-order valence-corrected chi connectivity index (χ2v) is 5.43. The van der Waals surface area contributed by atoms with E-state index < -0.39 is 10.1 Å². The van der Waals surface area contributed by atoms with Gasteiger partial charge in [0.2, 0.25) is 0 Å². The third-order valence-electron chi connectivity index (χ3n) is 2.33. The number of piperazine rings is 1. The third-order valence-corrected chi connectivity index (χ3v) is 3.77. The molecule has 15 heavy (non-hydrogen) atoms. The third kappa shape index (κ3) is 5.46. The summed E-state index contributed by atoms with van der Waals surface area (Å²) >= 11 is 0. The Hall–Kier alpha value is -0.170. The average Bonchev–Trinajstić information content (AvgIpc) is 2.19. The molecular formula is C9H20N2O3S. The standard InChI is InChI=1S/C9H20N2O3S/c1-2-9-15(12,13)14-8-7-11-5-3-10-4-6-11/h10H,2-9H2,1H3. The molecule has 0 amide bonds. The van der Waals surface area contributed by atoms with Gasteiger partial charge in [0.15, 0.2) is 0 Å². The van der Waals surface area contributed by atoms with E-state index in [4.69, 9.17) is 4.18 Å². The van der Waals surface area contributed by atoms with Crippen LogP contribution in [0.3, 0.4) is 0 Å². The molecule has 1 saturated heterocycles. The Labute approximate surface area is 91.9 Å². The zero-order chi connectivity index (χ0) is 11.1. The molecule has 5 nitrogen and oxygen atoms in total. The molecule has 0 radical (unpaired) electrons. The van der Waals surface area contributed by atoms with Gasteiger partial charge in [0, 0.05) is 32.7 Å². The molecule has 1 aliphatic heterocycles. The van der Waals surface area contributed by atoms with Gasteiger partial charge in [0.25, 0.3) is 10.1 Å². The molecule has 0 aromatic heterocycles. The van der Waals surface area contributed by atoms with Gasteiger partial charge in [-0.1, -0.05) is 6.92 Å². The summed E-state index contributed by atoms with van der Waals surface area (Å²) in [6.07, 6.45) is 0.607. The molecule has 0 bridgehead atoms. The van der Waals surface area contributed by atoms with Gasteiger partial charge in [0.1, 0.15) is 0 Å². The van der Waals surface area contributed by atoms with Gasteiger partial charge in [-0.05, 0) is 6.42 Å². The van der Waals surface area contributed by atoms with Crippen LogP contribution in [0.15, 0.2) is 0 Å². The summed E-state index contributed by atoms with van der Waals surface area (Å²) in [6.45, 7) is 6.70. The van der Waals surface area contributed by atoms with Gasteiger partial charge in [-0.2, -0.15) is 8.42 Å². The predicted octanol–water partition coefficient (Wildman–Crippen LogP) is -0.352. The van der Waals surface area contributed by atoms with E-state index in [1.54, 1.807) is 0 Å². The number of hydrogen-bond donors (Lipinski definition) is 1. The Bertz CT molecular complexity index is 261. The first kappa shape index (κ1) is 12.9. The minimum absolute atomic E-state index is 0.120. The van der Waals surface area contributed by atoms with Crippen molar-refractivity contribution in [3.63, 3.8) is 0 Å². The van der Waals surface area contributed by atoms with Gasteiger partial charge >= 0.3 is 0 Å². The minimum atomic E-state index is -3.27. The zero-order valence-corrected chi connectivity index (χ0v) is 10.1. The van der Waals surface area contributed by atoms with Crippen molar-refractivity contribution in [3.8, 4) is 0 Å². The fourth-order valence-electron chi connectivity index (χ4n) is 1.54. The van der Waals surface area contributed by atoms with E-state index >= 15 is 0 Å². The molecule has 0 aromatic carbocycles. The predicted molar refractivity (Wildman–Crippen MR) is 59.3 cm³/mol. The van der Waals surface area contributed by atoms with Crippen molar-refractivity contribution >= 4 is 10.1 Å². The van der Waals surface area contributed by atoms with Crippen LogP contribution in [-0.2, 0) is 14.3 Å². The van der Waals surface area contributed by atoms with Crippen molar-refractivity contribution in [1.82, 2.24) is 10.2 Å². The summed E-state index contributed by atoms with van der Waals surface area (Å²) in [5, 5.41) is 3.24. The average molecular weight is 236 g/mol. The molecule has 0 unspecified atom stereocenters. The normalized spacial score (nSPS) is 19.3. The van der Waals surface area contributed by atoms with Crippen LogP contribution in [0.4, 0.5) is 0 Å². The van der Waals surface area contributed by atoms with E-state index in [2.05, 4.69) is 10.2 Å². The van der Waals surface area contributed by atoms with Crippen LogP contribution in [0.5, 0.6) is 0 Å². The molecule has 1 heterocycles. The lowest BCUT2D eigenvalue weighted by molar-refractivity contribution is 0.194. The molecule has 0 spiro atoms. The topological polar surface area (TPSA) is 58.6 Å². The quantitative estimate of drug-likeness (QED) is 0.639. The van der Waals surface area contributed by atoms with E-state index in [1.807, 2.05) is 6.92 Å².